The quantitative estimate of drug-likeness (QED) is 0.476. The summed E-state index contributed by atoms with van der Waals surface area (Å²) in [4.78, 5) is 18.9. The minimum absolute atomic E-state index is 0.141. The molecule has 9 nitrogen and oxygen atoms in total. The third kappa shape index (κ3) is 4.39. The minimum atomic E-state index is -0.354. The van der Waals surface area contributed by atoms with Gasteiger partial charge in [-0.05, 0) is 54.1 Å². The van der Waals surface area contributed by atoms with Crippen LogP contribution in [0.1, 0.15) is 48.7 Å². The molecule has 1 atom stereocenters. The summed E-state index contributed by atoms with van der Waals surface area (Å²) in [6, 6.07) is 15.5. The number of benzene rings is 2. The summed E-state index contributed by atoms with van der Waals surface area (Å²) in [5.74, 6) is 2.03. The Morgan fingerprint density at radius 2 is 1.69 bits per heavy atom. The summed E-state index contributed by atoms with van der Waals surface area (Å²) in [5.41, 5.74) is 2.33. The molecular formula is C26H28N6O3. The number of fused-ring (bicyclic) bond motifs is 2. The first-order chi connectivity index (χ1) is 17.3. The molecular weight excluding hydrogens is 444 g/mol. The van der Waals surface area contributed by atoms with E-state index < -0.39 is 0 Å². The normalized spacial score (nSPS) is 17.3. The molecule has 9 heteroatoms. The summed E-state index contributed by atoms with van der Waals surface area (Å²) in [7, 11) is 0. The van der Waals surface area contributed by atoms with Crippen molar-refractivity contribution in [1.29, 1.82) is 0 Å². The molecule has 1 saturated heterocycles. The van der Waals surface area contributed by atoms with Crippen LogP contribution in [0.15, 0.2) is 53.3 Å². The van der Waals surface area contributed by atoms with Gasteiger partial charge in [-0.1, -0.05) is 43.2 Å². The number of ether oxygens (including phenoxy) is 2. The molecule has 0 bridgehead atoms. The van der Waals surface area contributed by atoms with Crippen LogP contribution in [0.4, 0.5) is 0 Å². The van der Waals surface area contributed by atoms with Crippen molar-refractivity contribution in [1.82, 2.24) is 30.1 Å². The van der Waals surface area contributed by atoms with Gasteiger partial charge in [-0.15, -0.1) is 5.10 Å². The number of hydrogen-bond donors (Lipinski definition) is 1. The monoisotopic (exact) mass is 472 g/mol. The van der Waals surface area contributed by atoms with E-state index in [1.165, 1.54) is 12.8 Å². The van der Waals surface area contributed by atoms with Crippen LogP contribution in [0, 0.1) is 0 Å². The molecule has 2 aliphatic rings. The topological polar surface area (TPSA) is 98.2 Å². The van der Waals surface area contributed by atoms with E-state index in [0.29, 0.717) is 42.6 Å². The van der Waals surface area contributed by atoms with Gasteiger partial charge in [0.25, 0.3) is 5.56 Å². The lowest BCUT2D eigenvalue weighted by molar-refractivity contribution is 0.172. The Kier molecular flexibility index (Phi) is 5.91. The van der Waals surface area contributed by atoms with Crippen molar-refractivity contribution in [3.63, 3.8) is 0 Å². The molecule has 1 N–H and O–H groups in total. The van der Waals surface area contributed by atoms with E-state index in [-0.39, 0.29) is 11.6 Å². The highest BCUT2D eigenvalue weighted by atomic mass is 16.6. The number of tetrazole rings is 1. The number of H-pyrrole nitrogens is 1. The zero-order valence-electron chi connectivity index (χ0n) is 19.5. The lowest BCUT2D eigenvalue weighted by Crippen LogP contribution is -2.36. The van der Waals surface area contributed by atoms with Gasteiger partial charge < -0.3 is 14.5 Å². The van der Waals surface area contributed by atoms with Crippen molar-refractivity contribution in [2.24, 2.45) is 0 Å². The van der Waals surface area contributed by atoms with Crippen LogP contribution >= 0.6 is 0 Å². The Morgan fingerprint density at radius 1 is 0.943 bits per heavy atom. The number of aromatic amines is 1. The molecule has 4 heterocycles. The fourth-order valence-corrected chi connectivity index (χ4v) is 5.09. The smallest absolute Gasteiger partial charge is 0.253 e. The highest BCUT2D eigenvalue weighted by Gasteiger charge is 2.31. The SMILES string of the molecule is O=c1[nH]c2cc3c(cc2cc1[C@H](c1nnnn1Cc1ccccc1)N1CCCCCC1)OCCO3. The first-order valence-electron chi connectivity index (χ1n) is 12.3. The Bertz CT molecular complexity index is 1380. The van der Waals surface area contributed by atoms with Crippen molar-refractivity contribution in [2.75, 3.05) is 26.3 Å². The predicted molar refractivity (Wildman–Crippen MR) is 131 cm³/mol. The zero-order valence-corrected chi connectivity index (χ0v) is 19.5. The third-order valence-electron chi connectivity index (χ3n) is 6.82. The van der Waals surface area contributed by atoms with E-state index in [4.69, 9.17) is 9.47 Å². The van der Waals surface area contributed by atoms with Crippen molar-refractivity contribution in [2.45, 2.75) is 38.3 Å². The number of rotatable bonds is 5. The van der Waals surface area contributed by atoms with Crippen LogP contribution in [0.3, 0.4) is 0 Å². The van der Waals surface area contributed by atoms with E-state index >= 15 is 0 Å². The summed E-state index contributed by atoms with van der Waals surface area (Å²) >= 11 is 0. The minimum Gasteiger partial charge on any atom is -0.486 e. The van der Waals surface area contributed by atoms with Gasteiger partial charge in [0.2, 0.25) is 0 Å². The van der Waals surface area contributed by atoms with Crippen molar-refractivity contribution in [3.05, 3.63) is 75.8 Å². The molecule has 0 amide bonds. The van der Waals surface area contributed by atoms with Gasteiger partial charge in [-0.3, -0.25) is 9.69 Å². The Morgan fingerprint density at radius 3 is 2.46 bits per heavy atom. The van der Waals surface area contributed by atoms with E-state index in [1.807, 2.05) is 41.1 Å². The second-order valence-electron chi connectivity index (χ2n) is 9.17. The number of nitrogens with zero attached hydrogens (tertiary/aromatic N) is 5. The van der Waals surface area contributed by atoms with Gasteiger partial charge in [-0.2, -0.15) is 0 Å². The summed E-state index contributed by atoms with van der Waals surface area (Å²) in [6.07, 6.45) is 4.55. The van der Waals surface area contributed by atoms with Crippen LogP contribution in [0.5, 0.6) is 11.5 Å². The lowest BCUT2D eigenvalue weighted by Gasteiger charge is -2.29. The van der Waals surface area contributed by atoms with E-state index in [1.54, 1.807) is 0 Å². The maximum atomic E-state index is 13.5. The summed E-state index contributed by atoms with van der Waals surface area (Å²) < 4.78 is 13.3. The molecule has 180 valence electrons. The molecule has 35 heavy (non-hydrogen) atoms. The summed E-state index contributed by atoms with van der Waals surface area (Å²) in [5, 5.41) is 13.7. The molecule has 0 radical (unpaired) electrons. The maximum Gasteiger partial charge on any atom is 0.253 e. The first kappa shape index (κ1) is 21.8. The van der Waals surface area contributed by atoms with Crippen LogP contribution in [0.2, 0.25) is 0 Å². The Hall–Kier alpha value is -3.72. The van der Waals surface area contributed by atoms with Crippen LogP contribution < -0.4 is 15.0 Å². The number of nitrogens with one attached hydrogen (secondary N) is 1. The zero-order chi connectivity index (χ0) is 23.6. The maximum absolute atomic E-state index is 13.5. The van der Waals surface area contributed by atoms with Crippen molar-refractivity contribution in [3.8, 4) is 11.5 Å². The van der Waals surface area contributed by atoms with Gasteiger partial charge in [0.1, 0.15) is 19.3 Å². The fraction of sp³-hybridized carbons (Fsp3) is 0.385. The average Bonchev–Trinajstić information content (AvgIpc) is 3.15. The third-order valence-corrected chi connectivity index (χ3v) is 6.82. The molecule has 4 aromatic rings. The van der Waals surface area contributed by atoms with Gasteiger partial charge in [0, 0.05) is 17.0 Å². The predicted octanol–water partition coefficient (Wildman–Crippen LogP) is 3.30. The Balaban J connectivity index is 1.47. The average molecular weight is 473 g/mol. The van der Waals surface area contributed by atoms with E-state index in [0.717, 1.165) is 42.4 Å². The molecule has 6 rings (SSSR count). The molecule has 0 unspecified atom stereocenters. The summed E-state index contributed by atoms with van der Waals surface area (Å²) in [6.45, 7) is 3.34. The molecule has 0 saturated carbocycles. The number of pyridine rings is 1. The lowest BCUT2D eigenvalue weighted by atomic mass is 10.0. The molecule has 1 fully saturated rings. The highest BCUT2D eigenvalue weighted by molar-refractivity contribution is 5.83. The van der Waals surface area contributed by atoms with Crippen LogP contribution in [-0.2, 0) is 6.54 Å². The van der Waals surface area contributed by atoms with Crippen LogP contribution in [0.25, 0.3) is 10.9 Å². The number of hydrogen-bond acceptors (Lipinski definition) is 7. The Labute approximate surface area is 202 Å². The highest BCUT2D eigenvalue weighted by Crippen LogP contribution is 2.35. The number of likely N-dealkylation sites (tertiary alicyclic amines) is 1. The van der Waals surface area contributed by atoms with Crippen molar-refractivity contribution >= 4 is 10.9 Å². The fourth-order valence-electron chi connectivity index (χ4n) is 5.09. The molecule has 2 aromatic carbocycles. The van der Waals surface area contributed by atoms with E-state index in [9.17, 15) is 4.79 Å². The van der Waals surface area contributed by atoms with Gasteiger partial charge >= 0.3 is 0 Å². The van der Waals surface area contributed by atoms with Gasteiger partial charge in [0.05, 0.1) is 12.1 Å². The largest absolute Gasteiger partial charge is 0.486 e. The molecule has 2 aliphatic heterocycles. The molecule has 2 aromatic heterocycles. The second kappa shape index (κ2) is 9.50. The standard InChI is InChI=1S/C26H28N6O3/c33-26-20(14-19-15-22-23(16-21(19)27-26)35-13-12-34-22)24(31-10-6-1-2-7-11-31)25-28-29-30-32(25)17-18-8-4-3-5-9-18/h3-5,8-9,14-16,24H,1-2,6-7,10-13,17H2,(H,27,33)/t24-/m1/s1. The van der Waals surface area contributed by atoms with Gasteiger partial charge in [0.15, 0.2) is 17.3 Å². The number of aromatic nitrogens is 5. The second-order valence-corrected chi connectivity index (χ2v) is 9.17. The van der Waals surface area contributed by atoms with Gasteiger partial charge in [-0.25, -0.2) is 4.68 Å². The van der Waals surface area contributed by atoms with Crippen LogP contribution in [-0.4, -0.2) is 56.4 Å². The first-order valence-corrected chi connectivity index (χ1v) is 12.3. The van der Waals surface area contributed by atoms with Crippen molar-refractivity contribution < 1.29 is 9.47 Å². The molecule has 0 aliphatic carbocycles. The van der Waals surface area contributed by atoms with E-state index in [2.05, 4.69) is 37.5 Å². The molecule has 0 spiro atoms.